The smallest absolute Gasteiger partial charge is 0.137 e. The molecule has 3 nitrogen and oxygen atoms in total. The first-order valence-electron chi connectivity index (χ1n) is 17.5. The van der Waals surface area contributed by atoms with Crippen LogP contribution >= 0.6 is 11.3 Å². The second kappa shape index (κ2) is 11.5. The summed E-state index contributed by atoms with van der Waals surface area (Å²) in [5.41, 5.74) is 11.5. The molecule has 0 aliphatic rings. The lowest BCUT2D eigenvalue weighted by Gasteiger charge is -2.26. The fourth-order valence-corrected chi connectivity index (χ4v) is 8.87. The molecule has 52 heavy (non-hydrogen) atoms. The number of nitrogens with zero attached hydrogens (tertiary/aromatic N) is 1. The lowest BCUT2D eigenvalue weighted by molar-refractivity contribution is 0.668. The summed E-state index contributed by atoms with van der Waals surface area (Å²) >= 11 is 1.85. The van der Waals surface area contributed by atoms with Crippen LogP contribution in [0.4, 0.5) is 17.1 Å². The van der Waals surface area contributed by atoms with Crippen molar-refractivity contribution < 1.29 is 8.83 Å². The molecular weight excluding hydrogens is 655 g/mol. The fraction of sp³-hybridized carbons (Fsp3) is 0. The van der Waals surface area contributed by atoms with Crippen molar-refractivity contribution in [1.82, 2.24) is 0 Å². The Morgan fingerprint density at radius 3 is 1.62 bits per heavy atom. The monoisotopic (exact) mass is 683 g/mol. The van der Waals surface area contributed by atoms with E-state index in [1.54, 1.807) is 0 Å². The molecule has 0 atom stereocenters. The van der Waals surface area contributed by atoms with Gasteiger partial charge in [-0.3, -0.25) is 0 Å². The third-order valence-corrected chi connectivity index (χ3v) is 11.4. The SMILES string of the molecule is c1ccc2c(c1)oc1ccc(-c3ccc(N(c4ccc(-c5ccc6sc7ccccc7c6c5)cc4)c4cccc5oc6ccccc6c45)cc3)cc12. The molecule has 0 aliphatic carbocycles. The summed E-state index contributed by atoms with van der Waals surface area (Å²) in [5.74, 6) is 0. The van der Waals surface area contributed by atoms with Crippen molar-refractivity contribution in [1.29, 1.82) is 0 Å². The highest BCUT2D eigenvalue weighted by molar-refractivity contribution is 7.25. The molecular formula is C48H29NO2S. The van der Waals surface area contributed by atoms with Crippen LogP contribution in [0.2, 0.25) is 0 Å². The summed E-state index contributed by atoms with van der Waals surface area (Å²) in [5, 5.41) is 7.08. The van der Waals surface area contributed by atoms with Gasteiger partial charge in [0.25, 0.3) is 0 Å². The molecule has 4 heteroatoms. The number of fused-ring (bicyclic) bond motifs is 9. The zero-order valence-electron chi connectivity index (χ0n) is 27.9. The minimum absolute atomic E-state index is 0.869. The molecule has 0 N–H and O–H groups in total. The summed E-state index contributed by atoms with van der Waals surface area (Å²) in [6, 6.07) is 62.7. The molecule has 11 aromatic rings. The standard InChI is InChI=1S/C48H29NO2S/c1-4-12-42-36(8-1)39-28-32(20-26-44(39)50-42)30-16-22-34(23-17-30)49(41-11-7-14-45-48(41)38-10-2-5-13-43(38)51-45)35-24-18-31(19-25-35)33-21-27-47-40(29-33)37-9-3-6-15-46(37)52-47/h1-29H. The summed E-state index contributed by atoms with van der Waals surface area (Å²) in [4.78, 5) is 2.35. The van der Waals surface area contributed by atoms with E-state index in [-0.39, 0.29) is 0 Å². The van der Waals surface area contributed by atoms with Crippen LogP contribution in [0, 0.1) is 0 Å². The predicted octanol–water partition coefficient (Wildman–Crippen LogP) is 14.7. The summed E-state index contributed by atoms with van der Waals surface area (Å²) in [7, 11) is 0. The van der Waals surface area contributed by atoms with Gasteiger partial charge in [0.1, 0.15) is 22.3 Å². The number of benzene rings is 8. The number of furan rings is 2. The van der Waals surface area contributed by atoms with Crippen molar-refractivity contribution in [2.24, 2.45) is 0 Å². The molecule has 3 aromatic heterocycles. The Morgan fingerprint density at radius 2 is 0.865 bits per heavy atom. The molecule has 0 saturated heterocycles. The van der Waals surface area contributed by atoms with Crippen LogP contribution < -0.4 is 4.90 Å². The first-order valence-corrected chi connectivity index (χ1v) is 18.3. The summed E-state index contributed by atoms with van der Waals surface area (Å²) < 4.78 is 15.1. The Balaban J connectivity index is 1.03. The largest absolute Gasteiger partial charge is 0.456 e. The van der Waals surface area contributed by atoms with Gasteiger partial charge in [0.2, 0.25) is 0 Å². The van der Waals surface area contributed by atoms with E-state index in [0.717, 1.165) is 72.1 Å². The molecule has 0 radical (unpaired) electrons. The van der Waals surface area contributed by atoms with Crippen molar-refractivity contribution in [3.05, 3.63) is 176 Å². The lowest BCUT2D eigenvalue weighted by atomic mass is 10.0. The fourth-order valence-electron chi connectivity index (χ4n) is 7.79. The number of hydrogen-bond acceptors (Lipinski definition) is 4. The number of thiophene rings is 1. The topological polar surface area (TPSA) is 29.5 Å². The van der Waals surface area contributed by atoms with Gasteiger partial charge in [0, 0.05) is 47.7 Å². The zero-order valence-corrected chi connectivity index (χ0v) is 28.7. The molecule has 0 unspecified atom stereocenters. The quantitative estimate of drug-likeness (QED) is 0.181. The molecule has 8 aromatic carbocycles. The minimum atomic E-state index is 0.869. The number of hydrogen-bond donors (Lipinski definition) is 0. The van der Waals surface area contributed by atoms with Gasteiger partial charge in [-0.15, -0.1) is 11.3 Å². The maximum absolute atomic E-state index is 6.35. The highest BCUT2D eigenvalue weighted by atomic mass is 32.1. The van der Waals surface area contributed by atoms with Crippen LogP contribution in [0.25, 0.3) is 86.3 Å². The maximum Gasteiger partial charge on any atom is 0.137 e. The van der Waals surface area contributed by atoms with E-state index in [1.807, 2.05) is 35.6 Å². The molecule has 0 aliphatic heterocycles. The van der Waals surface area contributed by atoms with E-state index in [2.05, 4.69) is 157 Å². The first-order chi connectivity index (χ1) is 25.7. The zero-order chi connectivity index (χ0) is 34.2. The van der Waals surface area contributed by atoms with E-state index in [4.69, 9.17) is 8.83 Å². The third-order valence-electron chi connectivity index (χ3n) is 10.3. The highest BCUT2D eigenvalue weighted by Gasteiger charge is 2.20. The van der Waals surface area contributed by atoms with Crippen LogP contribution in [0.3, 0.4) is 0 Å². The molecule has 0 bridgehead atoms. The van der Waals surface area contributed by atoms with E-state index >= 15 is 0 Å². The Hall–Kier alpha value is -6.62. The average molecular weight is 684 g/mol. The van der Waals surface area contributed by atoms with Crippen molar-refractivity contribution >= 4 is 92.4 Å². The van der Waals surface area contributed by atoms with Crippen molar-refractivity contribution in [2.75, 3.05) is 4.90 Å². The molecule has 244 valence electrons. The number of rotatable bonds is 5. The van der Waals surface area contributed by atoms with Gasteiger partial charge in [-0.1, -0.05) is 97.1 Å². The Kier molecular flexibility index (Phi) is 6.42. The molecule has 0 saturated carbocycles. The van der Waals surface area contributed by atoms with Gasteiger partial charge in [-0.25, -0.2) is 0 Å². The first kappa shape index (κ1) is 29.1. The Labute approximate surface area is 303 Å². The normalized spacial score (nSPS) is 11.8. The van der Waals surface area contributed by atoms with E-state index in [9.17, 15) is 0 Å². The van der Waals surface area contributed by atoms with Crippen molar-refractivity contribution in [3.8, 4) is 22.3 Å². The second-order valence-corrected chi connectivity index (χ2v) is 14.4. The molecule has 0 amide bonds. The van der Waals surface area contributed by atoms with Crippen LogP contribution in [0.5, 0.6) is 0 Å². The van der Waals surface area contributed by atoms with Crippen molar-refractivity contribution in [3.63, 3.8) is 0 Å². The van der Waals surface area contributed by atoms with Crippen LogP contribution in [-0.4, -0.2) is 0 Å². The average Bonchev–Trinajstić information content (AvgIpc) is 3.89. The highest BCUT2D eigenvalue weighted by Crippen LogP contribution is 2.44. The maximum atomic E-state index is 6.35. The van der Waals surface area contributed by atoms with Gasteiger partial charge >= 0.3 is 0 Å². The second-order valence-electron chi connectivity index (χ2n) is 13.3. The molecule has 11 rings (SSSR count). The van der Waals surface area contributed by atoms with Crippen molar-refractivity contribution in [2.45, 2.75) is 0 Å². The van der Waals surface area contributed by atoms with Gasteiger partial charge < -0.3 is 13.7 Å². The third kappa shape index (κ3) is 4.58. The summed E-state index contributed by atoms with van der Waals surface area (Å²) in [6.07, 6.45) is 0. The van der Waals surface area contributed by atoms with Gasteiger partial charge in [-0.2, -0.15) is 0 Å². The van der Waals surface area contributed by atoms with E-state index < -0.39 is 0 Å². The molecule has 0 fully saturated rings. The molecule has 0 spiro atoms. The lowest BCUT2D eigenvalue weighted by Crippen LogP contribution is -2.10. The predicted molar refractivity (Wildman–Crippen MR) is 219 cm³/mol. The Bertz CT molecular complexity index is 2970. The minimum Gasteiger partial charge on any atom is -0.456 e. The number of anilines is 3. The van der Waals surface area contributed by atoms with E-state index in [0.29, 0.717) is 0 Å². The van der Waals surface area contributed by atoms with Crippen LogP contribution in [0.15, 0.2) is 185 Å². The van der Waals surface area contributed by atoms with E-state index in [1.165, 1.54) is 31.3 Å². The van der Waals surface area contributed by atoms with Gasteiger partial charge in [-0.05, 0) is 101 Å². The molecule has 3 heterocycles. The summed E-state index contributed by atoms with van der Waals surface area (Å²) in [6.45, 7) is 0. The Morgan fingerprint density at radius 1 is 0.346 bits per heavy atom. The number of para-hydroxylation sites is 2. The van der Waals surface area contributed by atoms with Gasteiger partial charge in [0.15, 0.2) is 0 Å². The van der Waals surface area contributed by atoms with Gasteiger partial charge in [0.05, 0.1) is 11.1 Å². The van der Waals surface area contributed by atoms with Crippen LogP contribution in [-0.2, 0) is 0 Å². The van der Waals surface area contributed by atoms with Crippen LogP contribution in [0.1, 0.15) is 0 Å².